The van der Waals surface area contributed by atoms with Gasteiger partial charge < -0.3 is 19.7 Å². The van der Waals surface area contributed by atoms with Crippen LogP contribution in [-0.2, 0) is 0 Å². The van der Waals surface area contributed by atoms with E-state index in [1.165, 1.54) is 0 Å². The third-order valence-corrected chi connectivity index (χ3v) is 6.21. The lowest BCUT2D eigenvalue weighted by atomic mass is 10.0. The Labute approximate surface area is 203 Å². The molecule has 3 heterocycles. The molecule has 1 unspecified atom stereocenters. The number of methoxy groups -OCH3 is 1. The first kappa shape index (κ1) is 22.0. The smallest absolute Gasteiger partial charge is 0.229 e. The van der Waals surface area contributed by atoms with E-state index in [0.717, 1.165) is 33.8 Å². The minimum absolute atomic E-state index is 0.0489. The standard InChI is InChI=1S/C26H24ClN5O2/c1-16-12-17(10-11-28-16)19-9-8-18(13-23(19)33-3)30-26-29-14-24-25(31-26)32(2)22(15-34-24)20-6-4-5-7-21(20)27/h4-14,22H,15H2,1-3H3,(H,29,30,31). The second-order valence-electron chi connectivity index (χ2n) is 8.07. The molecule has 172 valence electrons. The van der Waals surface area contributed by atoms with Gasteiger partial charge in [-0.2, -0.15) is 4.98 Å². The summed E-state index contributed by atoms with van der Waals surface area (Å²) < 4.78 is 11.6. The highest BCUT2D eigenvalue weighted by molar-refractivity contribution is 6.31. The van der Waals surface area contributed by atoms with Crippen molar-refractivity contribution >= 4 is 29.1 Å². The fraction of sp³-hybridized carbons (Fsp3) is 0.192. The number of aromatic nitrogens is 3. The zero-order chi connectivity index (χ0) is 23.7. The van der Waals surface area contributed by atoms with E-state index in [1.54, 1.807) is 19.5 Å². The highest BCUT2D eigenvalue weighted by Crippen LogP contribution is 2.39. The summed E-state index contributed by atoms with van der Waals surface area (Å²) in [6.07, 6.45) is 3.49. The molecule has 1 aliphatic rings. The second-order valence-corrected chi connectivity index (χ2v) is 8.47. The molecule has 0 aliphatic carbocycles. The van der Waals surface area contributed by atoms with Crippen LogP contribution in [0, 0.1) is 6.92 Å². The molecule has 5 rings (SSSR count). The normalized spacial score (nSPS) is 14.8. The number of hydrogen-bond acceptors (Lipinski definition) is 7. The quantitative estimate of drug-likeness (QED) is 0.391. The summed E-state index contributed by atoms with van der Waals surface area (Å²) in [5.74, 6) is 2.54. The number of halogens is 1. The number of fused-ring (bicyclic) bond motifs is 1. The largest absolute Gasteiger partial charge is 0.496 e. The van der Waals surface area contributed by atoms with Crippen molar-refractivity contribution in [3.63, 3.8) is 0 Å². The van der Waals surface area contributed by atoms with Crippen molar-refractivity contribution in [1.82, 2.24) is 15.0 Å². The summed E-state index contributed by atoms with van der Waals surface area (Å²) in [6.45, 7) is 2.44. The zero-order valence-electron chi connectivity index (χ0n) is 19.1. The lowest BCUT2D eigenvalue weighted by molar-refractivity contribution is 0.265. The lowest BCUT2D eigenvalue weighted by Crippen LogP contribution is -2.34. The molecule has 2 aromatic carbocycles. The van der Waals surface area contributed by atoms with Gasteiger partial charge in [-0.3, -0.25) is 4.98 Å². The first-order chi connectivity index (χ1) is 16.5. The van der Waals surface area contributed by atoms with Crippen LogP contribution in [0.1, 0.15) is 17.3 Å². The zero-order valence-corrected chi connectivity index (χ0v) is 19.9. The van der Waals surface area contributed by atoms with Crippen LogP contribution >= 0.6 is 11.6 Å². The van der Waals surface area contributed by atoms with Crippen molar-refractivity contribution in [1.29, 1.82) is 0 Å². The number of pyridine rings is 1. The number of nitrogens with zero attached hydrogens (tertiary/aromatic N) is 4. The van der Waals surface area contributed by atoms with Gasteiger partial charge in [-0.1, -0.05) is 29.8 Å². The third kappa shape index (κ3) is 4.22. The number of rotatable bonds is 5. The second kappa shape index (κ2) is 9.19. The van der Waals surface area contributed by atoms with Gasteiger partial charge in [-0.15, -0.1) is 0 Å². The Hall–Kier alpha value is -3.84. The van der Waals surface area contributed by atoms with E-state index < -0.39 is 0 Å². The Balaban J connectivity index is 1.42. The van der Waals surface area contributed by atoms with Crippen LogP contribution in [0.3, 0.4) is 0 Å². The minimum Gasteiger partial charge on any atom is -0.496 e. The van der Waals surface area contributed by atoms with E-state index in [0.29, 0.717) is 29.1 Å². The van der Waals surface area contributed by atoms with Crippen LogP contribution in [0.5, 0.6) is 11.5 Å². The van der Waals surface area contributed by atoms with Crippen LogP contribution in [0.2, 0.25) is 5.02 Å². The maximum Gasteiger partial charge on any atom is 0.229 e. The molecule has 4 aromatic rings. The molecule has 0 saturated heterocycles. The van der Waals surface area contributed by atoms with Crippen LogP contribution in [0.15, 0.2) is 67.0 Å². The van der Waals surface area contributed by atoms with Crippen LogP contribution in [0.4, 0.5) is 17.5 Å². The van der Waals surface area contributed by atoms with Gasteiger partial charge in [0.25, 0.3) is 0 Å². The van der Waals surface area contributed by atoms with Gasteiger partial charge in [0.15, 0.2) is 11.6 Å². The van der Waals surface area contributed by atoms with Gasteiger partial charge in [0.05, 0.1) is 19.3 Å². The van der Waals surface area contributed by atoms with Crippen molar-refractivity contribution in [2.24, 2.45) is 0 Å². The molecule has 1 aliphatic heterocycles. The molecule has 0 fully saturated rings. The molecule has 2 aromatic heterocycles. The predicted molar refractivity (Wildman–Crippen MR) is 134 cm³/mol. The molecule has 8 heteroatoms. The van der Waals surface area contributed by atoms with Gasteiger partial charge in [-0.25, -0.2) is 4.98 Å². The molecule has 7 nitrogen and oxygen atoms in total. The fourth-order valence-electron chi connectivity index (χ4n) is 4.10. The van der Waals surface area contributed by atoms with E-state index in [-0.39, 0.29) is 6.04 Å². The Bertz CT molecular complexity index is 1350. The molecule has 0 radical (unpaired) electrons. The first-order valence-electron chi connectivity index (χ1n) is 10.9. The Morgan fingerprint density at radius 3 is 2.76 bits per heavy atom. The molecule has 0 bridgehead atoms. The minimum atomic E-state index is -0.0489. The summed E-state index contributed by atoms with van der Waals surface area (Å²) in [4.78, 5) is 15.5. The average Bonchev–Trinajstić information content (AvgIpc) is 2.85. The van der Waals surface area contributed by atoms with Gasteiger partial charge in [0.2, 0.25) is 5.95 Å². The monoisotopic (exact) mass is 473 g/mol. The summed E-state index contributed by atoms with van der Waals surface area (Å²) in [5, 5.41) is 3.99. The van der Waals surface area contributed by atoms with Crippen LogP contribution in [-0.4, -0.2) is 35.7 Å². The predicted octanol–water partition coefficient (Wildman–Crippen LogP) is 5.82. The number of aryl methyl sites for hydroxylation is 1. The Morgan fingerprint density at radius 1 is 1.12 bits per heavy atom. The molecular formula is C26H24ClN5O2. The highest BCUT2D eigenvalue weighted by Gasteiger charge is 2.29. The van der Waals surface area contributed by atoms with E-state index in [1.807, 2.05) is 68.6 Å². The molecule has 1 atom stereocenters. The van der Waals surface area contributed by atoms with Crippen LogP contribution in [0.25, 0.3) is 11.1 Å². The summed E-state index contributed by atoms with van der Waals surface area (Å²) in [5.41, 5.74) is 4.79. The van der Waals surface area contributed by atoms with E-state index in [2.05, 4.69) is 20.2 Å². The Kier molecular flexibility index (Phi) is 5.94. The van der Waals surface area contributed by atoms with Gasteiger partial charge in [-0.05, 0) is 48.4 Å². The van der Waals surface area contributed by atoms with E-state index in [9.17, 15) is 0 Å². The van der Waals surface area contributed by atoms with E-state index >= 15 is 0 Å². The fourth-order valence-corrected chi connectivity index (χ4v) is 4.36. The summed E-state index contributed by atoms with van der Waals surface area (Å²) >= 11 is 6.44. The molecule has 0 saturated carbocycles. The van der Waals surface area contributed by atoms with Gasteiger partial charge in [0.1, 0.15) is 12.4 Å². The lowest BCUT2D eigenvalue weighted by Gasteiger charge is -2.35. The molecule has 0 amide bonds. The topological polar surface area (TPSA) is 72.4 Å². The number of hydrogen-bond donors (Lipinski definition) is 1. The van der Waals surface area contributed by atoms with Crippen molar-refractivity contribution < 1.29 is 9.47 Å². The van der Waals surface area contributed by atoms with Gasteiger partial charge >= 0.3 is 0 Å². The average molecular weight is 474 g/mol. The molecular weight excluding hydrogens is 450 g/mol. The number of likely N-dealkylation sites (N-methyl/N-ethyl adjacent to an activating group) is 1. The third-order valence-electron chi connectivity index (χ3n) is 5.86. The summed E-state index contributed by atoms with van der Waals surface area (Å²) in [7, 11) is 3.65. The van der Waals surface area contributed by atoms with Gasteiger partial charge in [0, 0.05) is 41.3 Å². The summed E-state index contributed by atoms with van der Waals surface area (Å²) in [6, 6.07) is 17.7. The first-order valence-corrected chi connectivity index (χ1v) is 11.3. The van der Waals surface area contributed by atoms with Crippen LogP contribution < -0.4 is 19.7 Å². The highest BCUT2D eigenvalue weighted by atomic mass is 35.5. The molecule has 0 spiro atoms. The Morgan fingerprint density at radius 2 is 1.97 bits per heavy atom. The van der Waals surface area contributed by atoms with Crippen molar-refractivity contribution in [3.8, 4) is 22.6 Å². The van der Waals surface area contributed by atoms with Crippen molar-refractivity contribution in [3.05, 3.63) is 83.3 Å². The van der Waals surface area contributed by atoms with Crippen molar-refractivity contribution in [2.75, 3.05) is 31.0 Å². The maximum atomic E-state index is 6.44. The molecule has 1 N–H and O–H groups in total. The molecule has 34 heavy (non-hydrogen) atoms. The van der Waals surface area contributed by atoms with E-state index in [4.69, 9.17) is 26.1 Å². The SMILES string of the molecule is COc1cc(Nc2ncc3c(n2)N(C)C(c2ccccc2Cl)CO3)ccc1-c1ccnc(C)c1. The number of nitrogens with one attached hydrogen (secondary N) is 1. The van der Waals surface area contributed by atoms with Crippen molar-refractivity contribution in [2.45, 2.75) is 13.0 Å². The number of benzene rings is 2. The number of anilines is 3. The maximum absolute atomic E-state index is 6.44. The number of ether oxygens (including phenoxy) is 2.